The Morgan fingerprint density at radius 3 is 2.54 bits per heavy atom. The highest BCUT2D eigenvalue weighted by atomic mass is 19.1. The lowest BCUT2D eigenvalue weighted by molar-refractivity contribution is 0.415. The van der Waals surface area contributed by atoms with Crippen LogP contribution in [0.3, 0.4) is 0 Å². The molecule has 0 spiro atoms. The zero-order valence-electron chi connectivity index (χ0n) is 18.7. The van der Waals surface area contributed by atoms with E-state index in [1.807, 2.05) is 0 Å². The molecule has 4 aromatic rings. The molecule has 0 bridgehead atoms. The number of hydrogen-bond acceptors (Lipinski definition) is 7. The maximum atomic E-state index is 13.6. The Balaban J connectivity index is 1.57. The van der Waals surface area contributed by atoms with Gasteiger partial charge in [-0.2, -0.15) is 0 Å². The van der Waals surface area contributed by atoms with Gasteiger partial charge in [-0.3, -0.25) is 4.99 Å². The highest BCUT2D eigenvalue weighted by Gasteiger charge is 2.24. The Morgan fingerprint density at radius 1 is 0.943 bits per heavy atom. The second-order valence-corrected chi connectivity index (χ2v) is 7.78. The van der Waals surface area contributed by atoms with E-state index in [1.54, 1.807) is 48.8 Å². The van der Waals surface area contributed by atoms with Crippen LogP contribution in [0.4, 0.5) is 26.2 Å². The molecule has 9 heteroatoms. The van der Waals surface area contributed by atoms with Gasteiger partial charge in [-0.1, -0.05) is 18.2 Å². The number of allylic oxidation sites excluding steroid dienone is 1. The third-order valence-electron chi connectivity index (χ3n) is 5.47. The molecule has 1 aliphatic rings. The molecule has 2 aromatic carbocycles. The molecular formula is C26H20F2N6O. The number of halogens is 2. The van der Waals surface area contributed by atoms with Crippen molar-refractivity contribution >= 4 is 34.4 Å². The molecule has 0 amide bonds. The topological polar surface area (TPSA) is 98.3 Å². The Kier molecular flexibility index (Phi) is 5.88. The molecule has 5 rings (SSSR count). The van der Waals surface area contributed by atoms with Crippen molar-refractivity contribution in [1.29, 1.82) is 0 Å². The van der Waals surface area contributed by atoms with Crippen molar-refractivity contribution in [2.45, 2.75) is 6.42 Å². The largest absolute Gasteiger partial charge is 0.493 e. The van der Waals surface area contributed by atoms with E-state index in [9.17, 15) is 8.78 Å². The number of pyridine rings is 1. The van der Waals surface area contributed by atoms with Crippen molar-refractivity contribution in [1.82, 2.24) is 15.0 Å². The van der Waals surface area contributed by atoms with Crippen LogP contribution in [0, 0.1) is 11.6 Å². The van der Waals surface area contributed by atoms with Gasteiger partial charge in [0.2, 0.25) is 5.95 Å². The van der Waals surface area contributed by atoms with Gasteiger partial charge in [0.15, 0.2) is 11.6 Å². The summed E-state index contributed by atoms with van der Waals surface area (Å²) in [7, 11) is 1.52. The number of nitrogen functional groups attached to an aromatic ring is 1. The van der Waals surface area contributed by atoms with Crippen molar-refractivity contribution in [3.8, 4) is 5.75 Å². The van der Waals surface area contributed by atoms with E-state index in [-0.39, 0.29) is 17.5 Å². The highest BCUT2D eigenvalue weighted by molar-refractivity contribution is 6.16. The minimum Gasteiger partial charge on any atom is -0.493 e. The van der Waals surface area contributed by atoms with Crippen LogP contribution in [0.15, 0.2) is 78.0 Å². The predicted molar refractivity (Wildman–Crippen MR) is 131 cm³/mol. The fraction of sp³-hybridized carbons (Fsp3) is 0.0769. The third kappa shape index (κ3) is 4.70. The molecule has 0 fully saturated rings. The molecule has 2 aromatic heterocycles. The van der Waals surface area contributed by atoms with Gasteiger partial charge < -0.3 is 15.8 Å². The summed E-state index contributed by atoms with van der Waals surface area (Å²) in [4.78, 5) is 18.0. The first kappa shape index (κ1) is 22.1. The molecule has 0 radical (unpaired) electrons. The summed E-state index contributed by atoms with van der Waals surface area (Å²) in [6.45, 7) is 0. The number of nitrogens with zero attached hydrogens (tertiary/aromatic N) is 4. The first-order chi connectivity index (χ1) is 17.0. The van der Waals surface area contributed by atoms with Gasteiger partial charge in [0.1, 0.15) is 11.6 Å². The van der Waals surface area contributed by atoms with Crippen LogP contribution in [0.25, 0.3) is 11.3 Å². The highest BCUT2D eigenvalue weighted by Crippen LogP contribution is 2.38. The quantitative estimate of drug-likeness (QED) is 0.400. The molecule has 7 nitrogen and oxygen atoms in total. The number of nitrogens with two attached hydrogens (primary N) is 1. The third-order valence-corrected chi connectivity index (χ3v) is 5.47. The molecule has 1 aliphatic heterocycles. The fourth-order valence-electron chi connectivity index (χ4n) is 3.78. The average molecular weight is 470 g/mol. The second-order valence-electron chi connectivity index (χ2n) is 7.78. The molecular weight excluding hydrogens is 450 g/mol. The van der Waals surface area contributed by atoms with Crippen LogP contribution < -0.4 is 15.8 Å². The predicted octanol–water partition coefficient (Wildman–Crippen LogP) is 5.25. The summed E-state index contributed by atoms with van der Waals surface area (Å²) in [5.41, 5.74) is 10.8. The number of benzene rings is 2. The Morgan fingerprint density at radius 2 is 1.77 bits per heavy atom. The van der Waals surface area contributed by atoms with E-state index >= 15 is 0 Å². The summed E-state index contributed by atoms with van der Waals surface area (Å²) in [5.74, 6) is 0.313. The molecule has 3 N–H and O–H groups in total. The number of anilines is 3. The molecule has 0 saturated carbocycles. The lowest BCUT2D eigenvalue weighted by atomic mass is 10.00. The van der Waals surface area contributed by atoms with E-state index in [0.29, 0.717) is 40.8 Å². The summed E-state index contributed by atoms with van der Waals surface area (Å²) in [6, 6.07) is 15.8. The molecule has 0 unspecified atom stereocenters. The van der Waals surface area contributed by atoms with E-state index in [0.717, 1.165) is 16.8 Å². The molecule has 174 valence electrons. The fourth-order valence-corrected chi connectivity index (χ4v) is 3.78. The number of hydrogen-bond donors (Lipinski definition) is 2. The molecule has 0 saturated heterocycles. The van der Waals surface area contributed by atoms with Crippen LogP contribution in [0.1, 0.15) is 23.2 Å². The van der Waals surface area contributed by atoms with Crippen molar-refractivity contribution in [2.24, 2.45) is 4.99 Å². The van der Waals surface area contributed by atoms with Crippen molar-refractivity contribution in [3.05, 3.63) is 102 Å². The van der Waals surface area contributed by atoms with Gasteiger partial charge in [0.25, 0.3) is 0 Å². The summed E-state index contributed by atoms with van der Waals surface area (Å²) < 4.78 is 32.4. The Labute approximate surface area is 200 Å². The lowest BCUT2D eigenvalue weighted by Crippen LogP contribution is -2.02. The zero-order chi connectivity index (χ0) is 24.4. The molecule has 3 heterocycles. The zero-order valence-corrected chi connectivity index (χ0v) is 18.7. The van der Waals surface area contributed by atoms with Crippen LogP contribution >= 0.6 is 0 Å². The van der Waals surface area contributed by atoms with Gasteiger partial charge in [0.05, 0.1) is 24.2 Å². The number of ether oxygens (including phenoxy) is 1. The molecule has 35 heavy (non-hydrogen) atoms. The number of aliphatic imine (C=N–C) groups is 1. The standard InChI is InChI=1S/C26H20F2N6O/c1-35-23-11-16(14-31-25(23)29)24-20(13-22(33-24)15-5-7-17(27)8-6-15)21-9-10-30-26(34-21)32-19-4-2-3-18(28)12-19/h2-12,14H,13H2,1H3,(H2,29,31)(H,30,32,34). The minimum absolute atomic E-state index is 0.266. The number of methoxy groups -OCH3 is 1. The summed E-state index contributed by atoms with van der Waals surface area (Å²) >= 11 is 0. The Hall–Kier alpha value is -4.66. The van der Waals surface area contributed by atoms with Crippen LogP contribution in [-0.2, 0) is 0 Å². The van der Waals surface area contributed by atoms with E-state index in [4.69, 9.17) is 15.5 Å². The van der Waals surface area contributed by atoms with Gasteiger partial charge in [-0.25, -0.2) is 23.7 Å². The van der Waals surface area contributed by atoms with Gasteiger partial charge in [-0.05, 0) is 48.0 Å². The minimum atomic E-state index is -0.367. The lowest BCUT2D eigenvalue weighted by Gasteiger charge is -2.10. The van der Waals surface area contributed by atoms with Crippen molar-refractivity contribution < 1.29 is 13.5 Å². The van der Waals surface area contributed by atoms with Crippen LogP contribution in [0.5, 0.6) is 5.75 Å². The number of nitrogens with one attached hydrogen (secondary N) is 1. The first-order valence-electron chi connectivity index (χ1n) is 10.7. The smallest absolute Gasteiger partial charge is 0.227 e. The average Bonchev–Trinajstić information content (AvgIpc) is 3.30. The molecule has 0 aliphatic carbocycles. The summed E-state index contributed by atoms with van der Waals surface area (Å²) in [6.07, 6.45) is 3.69. The van der Waals surface area contributed by atoms with Gasteiger partial charge >= 0.3 is 0 Å². The Bertz CT molecular complexity index is 1470. The maximum absolute atomic E-state index is 13.6. The summed E-state index contributed by atoms with van der Waals surface area (Å²) in [5, 5.41) is 3.03. The maximum Gasteiger partial charge on any atom is 0.227 e. The van der Waals surface area contributed by atoms with Crippen LogP contribution in [0.2, 0.25) is 0 Å². The van der Waals surface area contributed by atoms with E-state index in [1.165, 1.54) is 31.4 Å². The monoisotopic (exact) mass is 470 g/mol. The normalized spacial score (nSPS) is 13.1. The van der Waals surface area contributed by atoms with Crippen molar-refractivity contribution in [2.75, 3.05) is 18.2 Å². The van der Waals surface area contributed by atoms with Crippen molar-refractivity contribution in [3.63, 3.8) is 0 Å². The SMILES string of the molecule is COc1cc(C2=C(c3ccnc(Nc4cccc(F)c4)n3)CC(c3ccc(F)cc3)=N2)cnc1N. The van der Waals surface area contributed by atoms with E-state index in [2.05, 4.69) is 20.3 Å². The van der Waals surface area contributed by atoms with E-state index < -0.39 is 0 Å². The van der Waals surface area contributed by atoms with Gasteiger partial charge in [0, 0.05) is 35.6 Å². The first-order valence-corrected chi connectivity index (χ1v) is 10.7. The number of aromatic nitrogens is 3. The van der Waals surface area contributed by atoms with Crippen LogP contribution in [-0.4, -0.2) is 27.8 Å². The van der Waals surface area contributed by atoms with Gasteiger partial charge in [-0.15, -0.1) is 0 Å². The molecule has 0 atom stereocenters. The number of rotatable bonds is 6. The second kappa shape index (κ2) is 9.30.